The number of hydrogen-bond acceptors (Lipinski definition) is 3. The molecule has 136 valence electrons. The molecule has 0 saturated carbocycles. The minimum absolute atomic E-state index is 0.284. The highest BCUT2D eigenvalue weighted by Gasteiger charge is 2.20. The Labute approximate surface area is 157 Å². The fourth-order valence-corrected chi connectivity index (χ4v) is 3.89. The molecule has 0 atom stereocenters. The second-order valence-electron chi connectivity index (χ2n) is 7.15. The largest absolute Gasteiger partial charge is 0.356 e. The number of benzene rings is 2. The van der Waals surface area contributed by atoms with Crippen molar-refractivity contribution in [3.63, 3.8) is 0 Å². The fraction of sp³-hybridized carbons (Fsp3) is 0.381. The van der Waals surface area contributed by atoms with Crippen LogP contribution in [0.2, 0.25) is 5.02 Å². The van der Waals surface area contributed by atoms with Crippen LogP contribution in [0.5, 0.6) is 0 Å². The van der Waals surface area contributed by atoms with Gasteiger partial charge in [-0.3, -0.25) is 4.90 Å². The minimum atomic E-state index is -0.284. The zero-order chi connectivity index (χ0) is 17.9. The first-order chi connectivity index (χ1) is 12.7. The first-order valence-electron chi connectivity index (χ1n) is 9.18. The van der Waals surface area contributed by atoms with Gasteiger partial charge in [0, 0.05) is 23.0 Å². The van der Waals surface area contributed by atoms with Crippen LogP contribution < -0.4 is 0 Å². The van der Waals surface area contributed by atoms with Gasteiger partial charge in [0.2, 0.25) is 0 Å². The Balaban J connectivity index is 1.27. The second-order valence-corrected chi connectivity index (χ2v) is 7.59. The summed E-state index contributed by atoms with van der Waals surface area (Å²) in [5.41, 5.74) is 2.80. The van der Waals surface area contributed by atoms with Crippen LogP contribution in [-0.2, 0) is 13.0 Å². The fourth-order valence-electron chi connectivity index (χ4n) is 3.77. The van der Waals surface area contributed by atoms with Crippen molar-refractivity contribution in [3.05, 3.63) is 64.6 Å². The van der Waals surface area contributed by atoms with E-state index in [2.05, 4.69) is 22.2 Å². The number of rotatable bonds is 5. The maximum absolute atomic E-state index is 13.2. The van der Waals surface area contributed by atoms with E-state index in [1.54, 1.807) is 6.07 Å². The van der Waals surface area contributed by atoms with E-state index in [-0.39, 0.29) is 5.82 Å². The molecule has 3 nitrogen and oxygen atoms in total. The van der Waals surface area contributed by atoms with Gasteiger partial charge >= 0.3 is 0 Å². The molecule has 0 unspecified atom stereocenters. The third kappa shape index (κ3) is 4.08. The zero-order valence-corrected chi connectivity index (χ0v) is 15.4. The number of nitrogens with zero attached hydrogens (tertiary/aromatic N) is 2. The van der Waals surface area contributed by atoms with E-state index >= 15 is 0 Å². The van der Waals surface area contributed by atoms with Crippen LogP contribution in [0.25, 0.3) is 11.0 Å². The van der Waals surface area contributed by atoms with E-state index < -0.39 is 0 Å². The highest BCUT2D eigenvalue weighted by Crippen LogP contribution is 2.26. The van der Waals surface area contributed by atoms with Crippen molar-refractivity contribution in [2.75, 3.05) is 13.1 Å². The molecule has 2 heterocycles. The van der Waals surface area contributed by atoms with Crippen molar-refractivity contribution < 1.29 is 8.91 Å². The Morgan fingerprint density at radius 3 is 2.65 bits per heavy atom. The van der Waals surface area contributed by atoms with E-state index in [4.69, 9.17) is 16.1 Å². The number of aromatic nitrogens is 1. The molecular weight excluding hydrogens is 351 g/mol. The van der Waals surface area contributed by atoms with Crippen LogP contribution in [0, 0.1) is 11.7 Å². The Morgan fingerprint density at radius 2 is 1.88 bits per heavy atom. The molecule has 3 aromatic rings. The topological polar surface area (TPSA) is 29.3 Å². The molecule has 0 spiro atoms. The maximum Gasteiger partial charge on any atom is 0.170 e. The van der Waals surface area contributed by atoms with Crippen molar-refractivity contribution in [2.45, 2.75) is 32.2 Å². The number of fused-ring (bicyclic) bond motifs is 1. The SMILES string of the molecule is Fc1ccc2c(CCC3CCN(Cc4ccc(Cl)cc4)CC3)noc2c1. The summed E-state index contributed by atoms with van der Waals surface area (Å²) >= 11 is 5.95. The van der Waals surface area contributed by atoms with Crippen molar-refractivity contribution in [1.29, 1.82) is 0 Å². The molecular formula is C21H22ClFN2O. The van der Waals surface area contributed by atoms with Gasteiger partial charge in [0.1, 0.15) is 5.82 Å². The summed E-state index contributed by atoms with van der Waals surface area (Å²) in [5.74, 6) is 0.428. The van der Waals surface area contributed by atoms with Gasteiger partial charge in [0.15, 0.2) is 5.58 Å². The summed E-state index contributed by atoms with van der Waals surface area (Å²) in [6.07, 6.45) is 4.41. The number of likely N-dealkylation sites (tertiary alicyclic amines) is 1. The smallest absolute Gasteiger partial charge is 0.170 e. The van der Waals surface area contributed by atoms with Crippen LogP contribution in [0.4, 0.5) is 4.39 Å². The third-order valence-electron chi connectivity index (χ3n) is 5.32. The molecule has 1 fully saturated rings. The van der Waals surface area contributed by atoms with Crippen LogP contribution in [0.1, 0.15) is 30.5 Å². The minimum Gasteiger partial charge on any atom is -0.356 e. The van der Waals surface area contributed by atoms with Crippen molar-refractivity contribution in [3.8, 4) is 0 Å². The number of aryl methyl sites for hydroxylation is 1. The van der Waals surface area contributed by atoms with Gasteiger partial charge in [-0.2, -0.15) is 0 Å². The first kappa shape index (κ1) is 17.5. The molecule has 1 aromatic heterocycles. The van der Waals surface area contributed by atoms with Crippen LogP contribution >= 0.6 is 11.6 Å². The van der Waals surface area contributed by atoms with Crippen LogP contribution in [0.3, 0.4) is 0 Å². The van der Waals surface area contributed by atoms with Crippen LogP contribution in [-0.4, -0.2) is 23.1 Å². The highest BCUT2D eigenvalue weighted by molar-refractivity contribution is 6.30. The summed E-state index contributed by atoms with van der Waals surface area (Å²) in [6.45, 7) is 3.24. The first-order valence-corrected chi connectivity index (χ1v) is 9.56. The molecule has 0 aliphatic carbocycles. The number of piperidine rings is 1. The van der Waals surface area contributed by atoms with Gasteiger partial charge in [-0.1, -0.05) is 28.9 Å². The summed E-state index contributed by atoms with van der Waals surface area (Å²) in [5, 5.41) is 5.86. The molecule has 0 radical (unpaired) electrons. The molecule has 5 heteroatoms. The number of hydrogen-bond donors (Lipinski definition) is 0. The van der Waals surface area contributed by atoms with E-state index in [9.17, 15) is 4.39 Å². The van der Waals surface area contributed by atoms with E-state index in [1.165, 1.54) is 30.5 Å². The molecule has 26 heavy (non-hydrogen) atoms. The summed E-state index contributed by atoms with van der Waals surface area (Å²) in [6, 6.07) is 12.8. The molecule has 0 N–H and O–H groups in total. The van der Waals surface area contributed by atoms with Gasteiger partial charge < -0.3 is 4.52 Å². The average Bonchev–Trinajstić information content (AvgIpc) is 3.05. The Morgan fingerprint density at radius 1 is 1.12 bits per heavy atom. The van der Waals surface area contributed by atoms with Gasteiger partial charge in [0.05, 0.1) is 5.69 Å². The van der Waals surface area contributed by atoms with Gasteiger partial charge in [-0.15, -0.1) is 0 Å². The Kier molecular flexibility index (Phi) is 5.23. The number of halogens is 2. The van der Waals surface area contributed by atoms with Gasteiger partial charge in [0.25, 0.3) is 0 Å². The standard InChI is InChI=1S/C21H22ClFN2O/c22-17-4-1-16(2-5-17)14-25-11-9-15(10-12-25)3-8-20-19-7-6-18(23)13-21(19)26-24-20/h1-2,4-7,13,15H,3,8-12,14H2. The molecule has 2 aromatic carbocycles. The second kappa shape index (κ2) is 7.77. The molecule has 1 aliphatic heterocycles. The average molecular weight is 373 g/mol. The Hall–Kier alpha value is -1.91. The summed E-state index contributed by atoms with van der Waals surface area (Å²) in [7, 11) is 0. The normalized spacial score (nSPS) is 16.4. The summed E-state index contributed by atoms with van der Waals surface area (Å²) < 4.78 is 18.5. The molecule has 4 rings (SSSR count). The van der Waals surface area contributed by atoms with Crippen LogP contribution in [0.15, 0.2) is 47.0 Å². The lowest BCUT2D eigenvalue weighted by atomic mass is 9.91. The molecule has 0 bridgehead atoms. The van der Waals surface area contributed by atoms with E-state index in [0.717, 1.165) is 48.6 Å². The van der Waals surface area contributed by atoms with E-state index in [0.29, 0.717) is 11.5 Å². The maximum atomic E-state index is 13.2. The highest BCUT2D eigenvalue weighted by atomic mass is 35.5. The zero-order valence-electron chi connectivity index (χ0n) is 14.6. The lowest BCUT2D eigenvalue weighted by molar-refractivity contribution is 0.172. The monoisotopic (exact) mass is 372 g/mol. The summed E-state index contributed by atoms with van der Waals surface area (Å²) in [4.78, 5) is 2.51. The third-order valence-corrected chi connectivity index (χ3v) is 5.58. The van der Waals surface area contributed by atoms with Crippen molar-refractivity contribution in [1.82, 2.24) is 10.1 Å². The van der Waals surface area contributed by atoms with Gasteiger partial charge in [-0.05, 0) is 74.5 Å². The predicted octanol–water partition coefficient (Wildman–Crippen LogP) is 5.47. The molecule has 0 amide bonds. The predicted molar refractivity (Wildman–Crippen MR) is 102 cm³/mol. The Bertz CT molecular complexity index is 869. The quantitative estimate of drug-likeness (QED) is 0.595. The van der Waals surface area contributed by atoms with E-state index in [1.807, 2.05) is 12.1 Å². The lowest BCUT2D eigenvalue weighted by Gasteiger charge is -2.32. The molecule has 1 aliphatic rings. The lowest BCUT2D eigenvalue weighted by Crippen LogP contribution is -2.33. The molecule has 1 saturated heterocycles. The van der Waals surface area contributed by atoms with Crippen molar-refractivity contribution >= 4 is 22.6 Å². The van der Waals surface area contributed by atoms with Crippen molar-refractivity contribution in [2.24, 2.45) is 5.92 Å². The van der Waals surface area contributed by atoms with Gasteiger partial charge in [-0.25, -0.2) is 4.39 Å².